The second-order valence-corrected chi connectivity index (χ2v) is 6.83. The lowest BCUT2D eigenvalue weighted by Crippen LogP contribution is -2.43. The van der Waals surface area contributed by atoms with Crippen LogP contribution in [0.5, 0.6) is 0 Å². The van der Waals surface area contributed by atoms with Crippen LogP contribution in [0, 0.1) is 5.92 Å². The molecule has 0 bridgehead atoms. The molecule has 118 valence electrons. The van der Waals surface area contributed by atoms with E-state index in [-0.39, 0.29) is 12.4 Å². The molecule has 2 aliphatic rings. The summed E-state index contributed by atoms with van der Waals surface area (Å²) in [6.07, 6.45) is 5.44. The minimum absolute atomic E-state index is 0. The van der Waals surface area contributed by atoms with Crippen LogP contribution >= 0.6 is 24.0 Å². The fourth-order valence-electron chi connectivity index (χ4n) is 3.12. The number of nitrogens with zero attached hydrogens (tertiary/aromatic N) is 1. The van der Waals surface area contributed by atoms with E-state index in [0.29, 0.717) is 6.04 Å². The van der Waals surface area contributed by atoms with Crippen LogP contribution in [0.25, 0.3) is 0 Å². The number of hydrogen-bond acceptors (Lipinski definition) is 2. The normalized spacial score (nSPS) is 21.8. The van der Waals surface area contributed by atoms with Gasteiger partial charge in [0.1, 0.15) is 0 Å². The van der Waals surface area contributed by atoms with Crippen molar-refractivity contribution in [2.24, 2.45) is 5.92 Å². The van der Waals surface area contributed by atoms with Crippen molar-refractivity contribution in [1.29, 1.82) is 0 Å². The van der Waals surface area contributed by atoms with Crippen LogP contribution in [-0.4, -0.2) is 30.6 Å². The van der Waals surface area contributed by atoms with Crippen molar-refractivity contribution in [2.75, 3.05) is 19.6 Å². The van der Waals surface area contributed by atoms with Gasteiger partial charge in [-0.05, 0) is 62.8 Å². The van der Waals surface area contributed by atoms with E-state index in [1.54, 1.807) is 0 Å². The van der Waals surface area contributed by atoms with Crippen LogP contribution in [-0.2, 0) is 0 Å². The lowest BCUT2D eigenvalue weighted by Gasteiger charge is -2.36. The molecule has 1 N–H and O–H groups in total. The highest BCUT2D eigenvalue weighted by molar-refractivity contribution is 6.30. The van der Waals surface area contributed by atoms with Crippen LogP contribution in [0.2, 0.25) is 5.02 Å². The Labute approximate surface area is 139 Å². The Bertz CT molecular complexity index is 440. The molecule has 1 aliphatic carbocycles. The third-order valence-electron chi connectivity index (χ3n) is 4.80. The van der Waals surface area contributed by atoms with Crippen molar-refractivity contribution < 1.29 is 0 Å². The van der Waals surface area contributed by atoms with Gasteiger partial charge in [0, 0.05) is 30.2 Å². The van der Waals surface area contributed by atoms with Crippen molar-refractivity contribution in [2.45, 2.75) is 44.7 Å². The zero-order chi connectivity index (χ0) is 13.9. The standard InChI is InChI=1S/C17H25ClN2.ClH/c1-13(15-3-2-4-16(18)11-15)20-9-7-17(8-10-20)19-12-14-5-6-14;/h2-4,11,13-14,17,19H,5-10,12H2,1H3;1H. The Morgan fingerprint density at radius 1 is 1.24 bits per heavy atom. The SMILES string of the molecule is CC(c1cccc(Cl)c1)N1CCC(NCC2CC2)CC1.Cl. The van der Waals surface area contributed by atoms with Gasteiger partial charge in [0.25, 0.3) is 0 Å². The highest BCUT2D eigenvalue weighted by Crippen LogP contribution is 2.29. The minimum Gasteiger partial charge on any atom is -0.314 e. The van der Waals surface area contributed by atoms with E-state index < -0.39 is 0 Å². The van der Waals surface area contributed by atoms with Crippen molar-refractivity contribution in [3.05, 3.63) is 34.9 Å². The zero-order valence-corrected chi connectivity index (χ0v) is 14.3. The monoisotopic (exact) mass is 328 g/mol. The molecule has 0 radical (unpaired) electrons. The largest absolute Gasteiger partial charge is 0.314 e. The van der Waals surface area contributed by atoms with E-state index in [1.807, 2.05) is 6.07 Å². The number of halogens is 2. The Balaban J connectivity index is 0.00000161. The molecule has 1 saturated carbocycles. The van der Waals surface area contributed by atoms with Gasteiger partial charge in [0.2, 0.25) is 0 Å². The quantitative estimate of drug-likeness (QED) is 0.867. The minimum atomic E-state index is 0. The highest BCUT2D eigenvalue weighted by Gasteiger charge is 2.26. The Kier molecular flexibility index (Phi) is 6.36. The maximum atomic E-state index is 6.10. The number of benzene rings is 1. The molecule has 0 aromatic heterocycles. The predicted octanol–water partition coefficient (Wildman–Crippen LogP) is 4.29. The second-order valence-electron chi connectivity index (χ2n) is 6.39. The molecule has 3 rings (SSSR count). The van der Waals surface area contributed by atoms with Gasteiger partial charge in [0.15, 0.2) is 0 Å². The first-order valence-corrected chi connectivity index (χ1v) is 8.33. The van der Waals surface area contributed by atoms with Crippen molar-refractivity contribution in [3.63, 3.8) is 0 Å². The summed E-state index contributed by atoms with van der Waals surface area (Å²) in [5.74, 6) is 0.985. The molecule has 21 heavy (non-hydrogen) atoms. The lowest BCUT2D eigenvalue weighted by molar-refractivity contribution is 0.152. The summed E-state index contributed by atoms with van der Waals surface area (Å²) in [5, 5.41) is 4.59. The molecule has 1 atom stereocenters. The first kappa shape index (κ1) is 17.1. The molecule has 0 amide bonds. The molecular formula is C17H26Cl2N2. The van der Waals surface area contributed by atoms with Crippen molar-refractivity contribution in [3.8, 4) is 0 Å². The maximum absolute atomic E-state index is 6.10. The Morgan fingerprint density at radius 2 is 1.95 bits per heavy atom. The van der Waals surface area contributed by atoms with Gasteiger partial charge in [-0.15, -0.1) is 12.4 Å². The summed E-state index contributed by atoms with van der Waals surface area (Å²) < 4.78 is 0. The van der Waals surface area contributed by atoms with Gasteiger partial charge >= 0.3 is 0 Å². The summed E-state index contributed by atoms with van der Waals surface area (Å²) in [7, 11) is 0. The Morgan fingerprint density at radius 3 is 2.57 bits per heavy atom. The molecule has 1 aromatic carbocycles. The van der Waals surface area contributed by atoms with Gasteiger partial charge in [-0.2, -0.15) is 0 Å². The summed E-state index contributed by atoms with van der Waals surface area (Å²) in [4.78, 5) is 2.58. The van der Waals surface area contributed by atoms with E-state index in [9.17, 15) is 0 Å². The summed E-state index contributed by atoms with van der Waals surface area (Å²) in [6.45, 7) is 5.92. The molecule has 2 fully saturated rings. The summed E-state index contributed by atoms with van der Waals surface area (Å²) in [5.41, 5.74) is 1.34. The molecule has 1 unspecified atom stereocenters. The van der Waals surface area contributed by atoms with Crippen molar-refractivity contribution in [1.82, 2.24) is 10.2 Å². The Hall–Kier alpha value is -0.280. The average Bonchev–Trinajstić information content (AvgIpc) is 3.29. The van der Waals surface area contributed by atoms with E-state index in [1.165, 1.54) is 50.9 Å². The number of rotatable bonds is 5. The van der Waals surface area contributed by atoms with Crippen LogP contribution < -0.4 is 5.32 Å². The van der Waals surface area contributed by atoms with E-state index in [4.69, 9.17) is 11.6 Å². The second kappa shape index (κ2) is 7.82. The smallest absolute Gasteiger partial charge is 0.0409 e. The molecule has 1 saturated heterocycles. The number of piperidine rings is 1. The first-order chi connectivity index (χ1) is 9.72. The predicted molar refractivity (Wildman–Crippen MR) is 92.4 cm³/mol. The first-order valence-electron chi connectivity index (χ1n) is 7.95. The van der Waals surface area contributed by atoms with Crippen LogP contribution in [0.4, 0.5) is 0 Å². The van der Waals surface area contributed by atoms with Gasteiger partial charge < -0.3 is 5.32 Å². The third-order valence-corrected chi connectivity index (χ3v) is 5.04. The lowest BCUT2D eigenvalue weighted by atomic mass is 10.00. The van der Waals surface area contributed by atoms with E-state index >= 15 is 0 Å². The molecule has 4 heteroatoms. The van der Waals surface area contributed by atoms with Crippen LogP contribution in [0.1, 0.15) is 44.2 Å². The van der Waals surface area contributed by atoms with Gasteiger partial charge in [-0.25, -0.2) is 0 Å². The molecule has 1 aliphatic heterocycles. The molecule has 1 heterocycles. The average molecular weight is 329 g/mol. The van der Waals surface area contributed by atoms with Crippen molar-refractivity contribution >= 4 is 24.0 Å². The highest BCUT2D eigenvalue weighted by atomic mass is 35.5. The number of hydrogen-bond donors (Lipinski definition) is 1. The summed E-state index contributed by atoms with van der Waals surface area (Å²) >= 11 is 6.10. The molecule has 1 aromatic rings. The maximum Gasteiger partial charge on any atom is 0.0409 e. The fourth-order valence-corrected chi connectivity index (χ4v) is 3.32. The number of likely N-dealkylation sites (tertiary alicyclic amines) is 1. The van der Waals surface area contributed by atoms with Crippen LogP contribution in [0.3, 0.4) is 0 Å². The third kappa shape index (κ3) is 4.85. The fraction of sp³-hybridized carbons (Fsp3) is 0.647. The van der Waals surface area contributed by atoms with Gasteiger partial charge in [-0.3, -0.25) is 4.90 Å². The van der Waals surface area contributed by atoms with Gasteiger partial charge in [-0.1, -0.05) is 23.7 Å². The van der Waals surface area contributed by atoms with Gasteiger partial charge in [0.05, 0.1) is 0 Å². The van der Waals surface area contributed by atoms with Crippen LogP contribution in [0.15, 0.2) is 24.3 Å². The summed E-state index contributed by atoms with van der Waals surface area (Å²) in [6, 6.07) is 9.50. The number of nitrogens with one attached hydrogen (secondary N) is 1. The molecular weight excluding hydrogens is 303 g/mol. The van der Waals surface area contributed by atoms with E-state index in [0.717, 1.165) is 17.0 Å². The topological polar surface area (TPSA) is 15.3 Å². The zero-order valence-electron chi connectivity index (χ0n) is 12.7. The van der Waals surface area contributed by atoms with E-state index in [2.05, 4.69) is 35.3 Å². The molecule has 0 spiro atoms. The molecule has 2 nitrogen and oxygen atoms in total.